The van der Waals surface area contributed by atoms with Gasteiger partial charge in [-0.05, 0) is 37.3 Å². The van der Waals surface area contributed by atoms with E-state index in [4.69, 9.17) is 9.15 Å². The van der Waals surface area contributed by atoms with Crippen LogP contribution in [0.3, 0.4) is 0 Å². The predicted octanol–water partition coefficient (Wildman–Crippen LogP) is 4.35. The quantitative estimate of drug-likeness (QED) is 0.691. The van der Waals surface area contributed by atoms with Crippen molar-refractivity contribution in [3.63, 3.8) is 0 Å². The maximum atomic E-state index is 12.5. The zero-order valence-corrected chi connectivity index (χ0v) is 15.5. The Bertz CT molecular complexity index is 891. The number of aromatic nitrogens is 1. The van der Waals surface area contributed by atoms with Gasteiger partial charge in [0.05, 0.1) is 7.11 Å². The van der Waals surface area contributed by atoms with E-state index in [1.807, 2.05) is 48.5 Å². The van der Waals surface area contributed by atoms with Crippen LogP contribution in [-0.4, -0.2) is 18.0 Å². The van der Waals surface area contributed by atoms with Crippen LogP contribution in [0.1, 0.15) is 21.8 Å². The summed E-state index contributed by atoms with van der Waals surface area (Å²) in [6.07, 6.45) is 0. The van der Waals surface area contributed by atoms with Crippen LogP contribution < -0.4 is 10.1 Å². The van der Waals surface area contributed by atoms with Gasteiger partial charge >= 0.3 is 0 Å². The molecule has 0 bridgehead atoms. The predicted molar refractivity (Wildman–Crippen MR) is 98.5 cm³/mol. The van der Waals surface area contributed by atoms with Crippen LogP contribution in [0.4, 0.5) is 0 Å². The van der Waals surface area contributed by atoms with Crippen molar-refractivity contribution in [1.29, 1.82) is 0 Å². The van der Waals surface area contributed by atoms with Crippen molar-refractivity contribution < 1.29 is 13.9 Å². The van der Waals surface area contributed by atoms with E-state index in [0.29, 0.717) is 23.9 Å². The molecule has 1 aromatic heterocycles. The van der Waals surface area contributed by atoms with Crippen LogP contribution in [-0.2, 0) is 6.54 Å². The molecule has 5 nitrogen and oxygen atoms in total. The van der Waals surface area contributed by atoms with Gasteiger partial charge in [-0.2, -0.15) is 0 Å². The summed E-state index contributed by atoms with van der Waals surface area (Å²) in [4.78, 5) is 16.8. The number of halogens is 1. The normalized spacial score (nSPS) is 10.5. The Morgan fingerprint density at radius 2 is 2.00 bits per heavy atom. The molecule has 1 amide bonds. The topological polar surface area (TPSA) is 64.4 Å². The minimum absolute atomic E-state index is 0.285. The van der Waals surface area contributed by atoms with Gasteiger partial charge < -0.3 is 14.5 Å². The molecule has 128 valence electrons. The number of ether oxygens (including phenoxy) is 1. The van der Waals surface area contributed by atoms with Crippen LogP contribution in [0.25, 0.3) is 11.5 Å². The second kappa shape index (κ2) is 7.53. The highest BCUT2D eigenvalue weighted by Crippen LogP contribution is 2.24. The second-order valence-electron chi connectivity index (χ2n) is 5.43. The highest BCUT2D eigenvalue weighted by atomic mass is 79.9. The van der Waals surface area contributed by atoms with Crippen molar-refractivity contribution in [1.82, 2.24) is 10.3 Å². The van der Waals surface area contributed by atoms with Crippen molar-refractivity contribution in [2.24, 2.45) is 0 Å². The number of carbonyl (C=O) groups is 1. The fourth-order valence-corrected chi connectivity index (χ4v) is 2.86. The number of hydrogen-bond donors (Lipinski definition) is 1. The van der Waals surface area contributed by atoms with Crippen LogP contribution >= 0.6 is 15.9 Å². The van der Waals surface area contributed by atoms with Gasteiger partial charge in [-0.25, -0.2) is 4.98 Å². The number of nitrogens with zero attached hydrogens (tertiary/aromatic N) is 1. The molecule has 0 radical (unpaired) electrons. The van der Waals surface area contributed by atoms with E-state index >= 15 is 0 Å². The molecule has 1 N–H and O–H groups in total. The number of methoxy groups -OCH3 is 1. The molecule has 0 aliphatic rings. The van der Waals surface area contributed by atoms with Crippen molar-refractivity contribution >= 4 is 21.8 Å². The molecule has 0 saturated carbocycles. The van der Waals surface area contributed by atoms with Gasteiger partial charge in [0.25, 0.3) is 5.91 Å². The Morgan fingerprint density at radius 1 is 1.24 bits per heavy atom. The monoisotopic (exact) mass is 400 g/mol. The Balaban J connectivity index is 1.76. The van der Waals surface area contributed by atoms with Crippen molar-refractivity contribution in [3.05, 3.63) is 70.0 Å². The summed E-state index contributed by atoms with van der Waals surface area (Å²) in [5.41, 5.74) is 1.99. The Labute approximate surface area is 154 Å². The average Bonchev–Trinajstić information content (AvgIpc) is 3.02. The number of hydrogen-bond acceptors (Lipinski definition) is 4. The first-order chi connectivity index (χ1) is 12.1. The molecule has 0 unspecified atom stereocenters. The summed E-state index contributed by atoms with van der Waals surface area (Å²) in [6.45, 7) is 2.06. The number of nitrogens with one attached hydrogen (secondary N) is 1. The van der Waals surface area contributed by atoms with Gasteiger partial charge in [0, 0.05) is 22.1 Å². The fraction of sp³-hybridized carbons (Fsp3) is 0.158. The largest absolute Gasteiger partial charge is 0.496 e. The number of aryl methyl sites for hydroxylation is 1. The van der Waals surface area contributed by atoms with Crippen molar-refractivity contribution in [3.8, 4) is 17.2 Å². The SMILES string of the molecule is COc1ccc(Br)cc1CNC(=O)c1nc(-c2ccccc2)oc1C. The van der Waals surface area contributed by atoms with Gasteiger partial charge in [-0.3, -0.25) is 4.79 Å². The molecular formula is C19H17BrN2O3. The first kappa shape index (κ1) is 17.2. The van der Waals surface area contributed by atoms with E-state index in [0.717, 1.165) is 15.6 Å². The summed E-state index contributed by atoms with van der Waals surface area (Å²) in [7, 11) is 1.60. The summed E-state index contributed by atoms with van der Waals surface area (Å²) in [5.74, 6) is 1.34. The Morgan fingerprint density at radius 3 is 2.72 bits per heavy atom. The summed E-state index contributed by atoms with van der Waals surface area (Å²) in [5, 5.41) is 2.86. The smallest absolute Gasteiger partial charge is 0.273 e. The molecular weight excluding hydrogens is 384 g/mol. The summed E-state index contributed by atoms with van der Waals surface area (Å²) in [6, 6.07) is 15.1. The van der Waals surface area contributed by atoms with E-state index in [9.17, 15) is 4.79 Å². The summed E-state index contributed by atoms with van der Waals surface area (Å²) >= 11 is 3.42. The number of amides is 1. The molecule has 0 aliphatic carbocycles. The molecule has 25 heavy (non-hydrogen) atoms. The lowest BCUT2D eigenvalue weighted by Gasteiger charge is -2.09. The van der Waals surface area contributed by atoms with E-state index < -0.39 is 0 Å². The van der Waals surface area contributed by atoms with Gasteiger partial charge in [0.1, 0.15) is 11.5 Å². The zero-order chi connectivity index (χ0) is 17.8. The standard InChI is InChI=1S/C19H17BrN2O3/c1-12-17(22-19(25-12)13-6-4-3-5-7-13)18(23)21-11-14-10-15(20)8-9-16(14)24-2/h3-10H,11H2,1-2H3,(H,21,23). The number of carbonyl (C=O) groups excluding carboxylic acids is 1. The first-order valence-corrected chi connectivity index (χ1v) is 8.51. The van der Waals surface area contributed by atoms with Gasteiger partial charge in [0.15, 0.2) is 5.69 Å². The van der Waals surface area contributed by atoms with Gasteiger partial charge in [-0.1, -0.05) is 34.1 Å². The molecule has 0 fully saturated rings. The molecule has 0 spiro atoms. The molecule has 3 aromatic rings. The third kappa shape index (κ3) is 3.91. The van der Waals surface area contributed by atoms with Crippen molar-refractivity contribution in [2.45, 2.75) is 13.5 Å². The second-order valence-corrected chi connectivity index (χ2v) is 6.34. The number of oxazole rings is 1. The van der Waals surface area contributed by atoms with Crippen LogP contribution in [0.5, 0.6) is 5.75 Å². The van der Waals surface area contributed by atoms with Gasteiger partial charge in [0.2, 0.25) is 5.89 Å². The maximum absolute atomic E-state index is 12.5. The minimum Gasteiger partial charge on any atom is -0.496 e. The average molecular weight is 401 g/mol. The lowest BCUT2D eigenvalue weighted by Crippen LogP contribution is -2.24. The Hall–Kier alpha value is -2.60. The highest BCUT2D eigenvalue weighted by molar-refractivity contribution is 9.10. The molecule has 0 aliphatic heterocycles. The van der Waals surface area contributed by atoms with E-state index in [-0.39, 0.29) is 11.6 Å². The third-order valence-electron chi connectivity index (χ3n) is 3.71. The lowest BCUT2D eigenvalue weighted by atomic mass is 10.2. The highest BCUT2D eigenvalue weighted by Gasteiger charge is 2.18. The van der Waals surface area contributed by atoms with E-state index in [1.54, 1.807) is 14.0 Å². The van der Waals surface area contributed by atoms with Crippen LogP contribution in [0.2, 0.25) is 0 Å². The number of rotatable bonds is 5. The van der Waals surface area contributed by atoms with E-state index in [2.05, 4.69) is 26.2 Å². The minimum atomic E-state index is -0.287. The first-order valence-electron chi connectivity index (χ1n) is 7.72. The molecule has 2 aromatic carbocycles. The fourth-order valence-electron chi connectivity index (χ4n) is 2.46. The Kier molecular flexibility index (Phi) is 5.19. The summed E-state index contributed by atoms with van der Waals surface area (Å²) < 4.78 is 11.9. The zero-order valence-electron chi connectivity index (χ0n) is 13.9. The third-order valence-corrected chi connectivity index (χ3v) is 4.21. The molecule has 1 heterocycles. The van der Waals surface area contributed by atoms with E-state index in [1.165, 1.54) is 0 Å². The van der Waals surface area contributed by atoms with Crippen molar-refractivity contribution in [2.75, 3.05) is 7.11 Å². The molecule has 6 heteroatoms. The maximum Gasteiger partial charge on any atom is 0.273 e. The molecule has 0 saturated heterocycles. The molecule has 0 atom stereocenters. The molecule has 3 rings (SSSR count). The lowest BCUT2D eigenvalue weighted by molar-refractivity contribution is 0.0945. The van der Waals surface area contributed by atoms with Crippen LogP contribution in [0.15, 0.2) is 57.4 Å². The number of benzene rings is 2. The van der Waals surface area contributed by atoms with Crippen LogP contribution in [0, 0.1) is 6.92 Å². The van der Waals surface area contributed by atoms with Gasteiger partial charge in [-0.15, -0.1) is 0 Å².